The lowest BCUT2D eigenvalue weighted by Crippen LogP contribution is -2.46. The highest BCUT2D eigenvalue weighted by Gasteiger charge is 2.17. The van der Waals surface area contributed by atoms with Crippen molar-refractivity contribution in [1.29, 1.82) is 0 Å². The van der Waals surface area contributed by atoms with Gasteiger partial charge < -0.3 is 10.2 Å². The van der Waals surface area contributed by atoms with Crippen molar-refractivity contribution in [2.45, 2.75) is 19.4 Å². The van der Waals surface area contributed by atoms with Gasteiger partial charge in [-0.3, -0.25) is 4.98 Å². The van der Waals surface area contributed by atoms with Crippen LogP contribution in [0.1, 0.15) is 13.8 Å². The van der Waals surface area contributed by atoms with E-state index in [0.717, 1.165) is 12.2 Å². The molecule has 0 unspecified atom stereocenters. The molecule has 1 aromatic heterocycles. The number of aromatic nitrogens is 1. The molecule has 3 nitrogen and oxygen atoms in total. The molecule has 1 aromatic rings. The van der Waals surface area contributed by atoms with Gasteiger partial charge in [0.1, 0.15) is 0 Å². The number of pyridine rings is 1. The van der Waals surface area contributed by atoms with E-state index in [2.05, 4.69) is 42.2 Å². The molecule has 0 fully saturated rings. The van der Waals surface area contributed by atoms with Crippen LogP contribution in [0.3, 0.4) is 0 Å². The van der Waals surface area contributed by atoms with Crippen molar-refractivity contribution in [1.82, 2.24) is 10.3 Å². The quantitative estimate of drug-likeness (QED) is 0.785. The van der Waals surface area contributed by atoms with Crippen molar-refractivity contribution in [3.8, 4) is 0 Å². The molecule has 0 aliphatic rings. The van der Waals surface area contributed by atoms with E-state index in [4.69, 9.17) is 0 Å². The summed E-state index contributed by atoms with van der Waals surface area (Å²) in [6.45, 7) is 5.31. The summed E-state index contributed by atoms with van der Waals surface area (Å²) in [5.74, 6) is 0. The molecule has 1 heterocycles. The minimum atomic E-state index is 0.116. The Labute approximate surface area is 86.2 Å². The third kappa shape index (κ3) is 3.00. The van der Waals surface area contributed by atoms with E-state index < -0.39 is 0 Å². The zero-order valence-electron chi connectivity index (χ0n) is 9.41. The Bertz CT molecular complexity index is 269. The largest absolute Gasteiger partial charge is 0.372 e. The van der Waals surface area contributed by atoms with Gasteiger partial charge in [-0.25, -0.2) is 0 Å². The topological polar surface area (TPSA) is 28.2 Å². The highest BCUT2D eigenvalue weighted by Crippen LogP contribution is 2.12. The van der Waals surface area contributed by atoms with E-state index >= 15 is 0 Å². The van der Waals surface area contributed by atoms with Crippen LogP contribution in [0.5, 0.6) is 0 Å². The van der Waals surface area contributed by atoms with Crippen molar-refractivity contribution in [3.05, 3.63) is 24.5 Å². The van der Waals surface area contributed by atoms with E-state index in [1.165, 1.54) is 0 Å². The average molecular weight is 193 g/mol. The molecule has 0 aromatic carbocycles. The van der Waals surface area contributed by atoms with Crippen LogP contribution in [0.25, 0.3) is 0 Å². The first-order valence-corrected chi connectivity index (χ1v) is 4.85. The Morgan fingerprint density at radius 2 is 2.21 bits per heavy atom. The van der Waals surface area contributed by atoms with Gasteiger partial charge >= 0.3 is 0 Å². The van der Waals surface area contributed by atoms with Crippen LogP contribution in [0.15, 0.2) is 24.5 Å². The fourth-order valence-corrected chi connectivity index (χ4v) is 1.34. The second-order valence-corrected chi connectivity index (χ2v) is 4.20. The van der Waals surface area contributed by atoms with Crippen LogP contribution < -0.4 is 10.2 Å². The summed E-state index contributed by atoms with van der Waals surface area (Å²) in [7, 11) is 4.06. The Morgan fingerprint density at radius 1 is 1.50 bits per heavy atom. The fraction of sp³-hybridized carbons (Fsp3) is 0.545. The van der Waals surface area contributed by atoms with Crippen LogP contribution in [0.4, 0.5) is 5.69 Å². The summed E-state index contributed by atoms with van der Waals surface area (Å²) in [6, 6.07) is 4.02. The van der Waals surface area contributed by atoms with Gasteiger partial charge in [-0.2, -0.15) is 0 Å². The molecule has 0 radical (unpaired) electrons. The molecular formula is C11H19N3. The molecule has 1 N–H and O–H groups in total. The van der Waals surface area contributed by atoms with Crippen LogP contribution in [0, 0.1) is 0 Å². The van der Waals surface area contributed by atoms with Gasteiger partial charge in [-0.15, -0.1) is 0 Å². The molecule has 3 heteroatoms. The first-order chi connectivity index (χ1) is 6.55. The normalized spacial score (nSPS) is 11.4. The lowest BCUT2D eigenvalue weighted by atomic mass is 10.1. The summed E-state index contributed by atoms with van der Waals surface area (Å²) in [6.07, 6.45) is 3.67. The second-order valence-electron chi connectivity index (χ2n) is 4.20. The lowest BCUT2D eigenvalue weighted by molar-refractivity contribution is 0.428. The molecule has 0 saturated heterocycles. The van der Waals surface area contributed by atoms with Crippen molar-refractivity contribution in [2.75, 3.05) is 25.5 Å². The Morgan fingerprint density at radius 3 is 2.71 bits per heavy atom. The van der Waals surface area contributed by atoms with Crippen LogP contribution in [0.2, 0.25) is 0 Å². The zero-order chi connectivity index (χ0) is 10.6. The number of anilines is 1. The summed E-state index contributed by atoms with van der Waals surface area (Å²) in [5.41, 5.74) is 1.26. The zero-order valence-corrected chi connectivity index (χ0v) is 9.41. The first kappa shape index (κ1) is 11.0. The van der Waals surface area contributed by atoms with Gasteiger partial charge in [0, 0.05) is 25.3 Å². The minimum absolute atomic E-state index is 0.116. The maximum Gasteiger partial charge on any atom is 0.0550 e. The number of likely N-dealkylation sites (N-methyl/N-ethyl adjacent to an activating group) is 2. The summed E-state index contributed by atoms with van der Waals surface area (Å²) < 4.78 is 0. The number of nitrogens with zero attached hydrogens (tertiary/aromatic N) is 2. The van der Waals surface area contributed by atoms with Crippen molar-refractivity contribution in [3.63, 3.8) is 0 Å². The highest BCUT2D eigenvalue weighted by atomic mass is 15.1. The van der Waals surface area contributed by atoms with E-state index in [1.54, 1.807) is 6.20 Å². The molecule has 0 spiro atoms. The molecule has 14 heavy (non-hydrogen) atoms. The van der Waals surface area contributed by atoms with E-state index in [-0.39, 0.29) is 5.54 Å². The fourth-order valence-electron chi connectivity index (χ4n) is 1.34. The molecule has 0 saturated carbocycles. The molecule has 78 valence electrons. The summed E-state index contributed by atoms with van der Waals surface area (Å²) >= 11 is 0. The van der Waals surface area contributed by atoms with E-state index in [0.29, 0.717) is 0 Å². The smallest absolute Gasteiger partial charge is 0.0550 e. The number of rotatable bonds is 4. The molecule has 0 aliphatic heterocycles. The van der Waals surface area contributed by atoms with Gasteiger partial charge in [0.2, 0.25) is 0 Å². The van der Waals surface area contributed by atoms with Gasteiger partial charge in [0.15, 0.2) is 0 Å². The first-order valence-electron chi connectivity index (χ1n) is 4.85. The molecule has 0 amide bonds. The van der Waals surface area contributed by atoms with E-state index in [1.807, 2.05) is 19.3 Å². The summed E-state index contributed by atoms with van der Waals surface area (Å²) in [4.78, 5) is 6.30. The van der Waals surface area contributed by atoms with Gasteiger partial charge in [-0.05, 0) is 33.0 Å². The van der Waals surface area contributed by atoms with Crippen molar-refractivity contribution >= 4 is 5.69 Å². The molecule has 0 aliphatic carbocycles. The Kier molecular flexibility index (Phi) is 3.47. The predicted molar refractivity (Wildman–Crippen MR) is 60.6 cm³/mol. The predicted octanol–water partition coefficient (Wildman–Crippen LogP) is 1.52. The molecule has 0 atom stereocenters. The van der Waals surface area contributed by atoms with Crippen LogP contribution in [-0.2, 0) is 0 Å². The average Bonchev–Trinajstić information content (AvgIpc) is 2.19. The third-order valence-electron chi connectivity index (χ3n) is 2.40. The maximum absolute atomic E-state index is 4.10. The Balaban J connectivity index is 2.64. The van der Waals surface area contributed by atoms with Gasteiger partial charge in [0.25, 0.3) is 0 Å². The second kappa shape index (κ2) is 4.42. The number of nitrogens with one attached hydrogen (secondary N) is 1. The van der Waals surface area contributed by atoms with Crippen molar-refractivity contribution < 1.29 is 0 Å². The molecule has 0 bridgehead atoms. The highest BCUT2D eigenvalue weighted by molar-refractivity contribution is 5.42. The minimum Gasteiger partial charge on any atom is -0.372 e. The number of hydrogen-bond donors (Lipinski definition) is 1. The SMILES string of the molecule is CNC(C)(C)CN(C)c1cccnc1. The standard InChI is InChI=1S/C11H19N3/c1-11(2,12-3)9-14(4)10-6-5-7-13-8-10/h5-8,12H,9H2,1-4H3. The van der Waals surface area contributed by atoms with Crippen LogP contribution in [-0.4, -0.2) is 31.2 Å². The lowest BCUT2D eigenvalue weighted by Gasteiger charge is -2.31. The van der Waals surface area contributed by atoms with Crippen molar-refractivity contribution in [2.24, 2.45) is 0 Å². The third-order valence-corrected chi connectivity index (χ3v) is 2.40. The number of hydrogen-bond acceptors (Lipinski definition) is 3. The van der Waals surface area contributed by atoms with Gasteiger partial charge in [0.05, 0.1) is 11.9 Å². The van der Waals surface area contributed by atoms with E-state index in [9.17, 15) is 0 Å². The van der Waals surface area contributed by atoms with Crippen LogP contribution >= 0.6 is 0 Å². The Hall–Kier alpha value is -1.09. The molecular weight excluding hydrogens is 174 g/mol. The summed E-state index contributed by atoms with van der Waals surface area (Å²) in [5, 5.41) is 3.28. The monoisotopic (exact) mass is 193 g/mol. The van der Waals surface area contributed by atoms with Gasteiger partial charge in [-0.1, -0.05) is 0 Å². The molecule has 1 rings (SSSR count). The maximum atomic E-state index is 4.10.